The molecule has 4 heteroatoms. The summed E-state index contributed by atoms with van der Waals surface area (Å²) in [7, 11) is 0. The number of esters is 1. The summed E-state index contributed by atoms with van der Waals surface area (Å²) < 4.78 is 5.00. The molecule has 2 aliphatic heterocycles. The Labute approximate surface area is 113 Å². The van der Waals surface area contributed by atoms with Gasteiger partial charge in [0.15, 0.2) is 0 Å². The highest BCUT2D eigenvalue weighted by Gasteiger charge is 2.33. The van der Waals surface area contributed by atoms with Gasteiger partial charge in [-0.15, -0.1) is 0 Å². The Balaban J connectivity index is 1.73. The predicted molar refractivity (Wildman–Crippen MR) is 74.6 cm³/mol. The number of rotatable bonds is 3. The van der Waals surface area contributed by atoms with E-state index in [0.717, 1.165) is 13.1 Å². The molecule has 2 bridgehead atoms. The lowest BCUT2D eigenvalue weighted by molar-refractivity contribution is 0.0526. The van der Waals surface area contributed by atoms with Crippen LogP contribution in [0.25, 0.3) is 0 Å². The summed E-state index contributed by atoms with van der Waals surface area (Å²) in [6.07, 6.45) is 2.44. The number of ether oxygens (including phenoxy) is 1. The molecule has 0 aliphatic carbocycles. The van der Waals surface area contributed by atoms with Gasteiger partial charge in [-0.25, -0.2) is 4.79 Å². The number of fused-ring (bicyclic) bond motifs is 2. The van der Waals surface area contributed by atoms with Crippen LogP contribution in [-0.2, 0) is 4.74 Å². The van der Waals surface area contributed by atoms with Gasteiger partial charge in [0, 0.05) is 30.9 Å². The van der Waals surface area contributed by atoms with Crippen LogP contribution in [0.4, 0.5) is 5.69 Å². The second-order valence-corrected chi connectivity index (χ2v) is 5.24. The van der Waals surface area contributed by atoms with Crippen molar-refractivity contribution in [3.8, 4) is 0 Å². The zero-order valence-electron chi connectivity index (χ0n) is 11.3. The van der Waals surface area contributed by atoms with Gasteiger partial charge in [0.25, 0.3) is 0 Å². The Morgan fingerprint density at radius 2 is 2.21 bits per heavy atom. The number of carbonyl (C=O) groups is 1. The average Bonchev–Trinajstić information content (AvgIpc) is 2.81. The third-order valence-corrected chi connectivity index (χ3v) is 4.07. The van der Waals surface area contributed by atoms with E-state index < -0.39 is 0 Å². The van der Waals surface area contributed by atoms with Gasteiger partial charge in [-0.3, -0.25) is 0 Å². The first-order valence-corrected chi connectivity index (χ1v) is 7.05. The Bertz CT molecular complexity index is 458. The lowest BCUT2D eigenvalue weighted by Crippen LogP contribution is -2.40. The third-order valence-electron chi connectivity index (χ3n) is 4.07. The summed E-state index contributed by atoms with van der Waals surface area (Å²) >= 11 is 0. The maximum Gasteiger partial charge on any atom is 0.338 e. The van der Waals surface area contributed by atoms with Gasteiger partial charge in [0.1, 0.15) is 0 Å². The van der Waals surface area contributed by atoms with Gasteiger partial charge in [-0.05, 0) is 44.0 Å². The van der Waals surface area contributed by atoms with E-state index in [0.29, 0.717) is 24.3 Å². The molecule has 4 nitrogen and oxygen atoms in total. The van der Waals surface area contributed by atoms with Crippen LogP contribution >= 0.6 is 0 Å². The van der Waals surface area contributed by atoms with Crippen LogP contribution in [0.1, 0.15) is 30.1 Å². The molecule has 1 aromatic carbocycles. The van der Waals surface area contributed by atoms with Crippen molar-refractivity contribution in [3.63, 3.8) is 0 Å². The number of carbonyl (C=O) groups excluding carboxylic acids is 1. The first kappa shape index (κ1) is 12.5. The first-order valence-electron chi connectivity index (χ1n) is 7.05. The number of nitrogens with zero attached hydrogens (tertiary/aromatic N) is 1. The summed E-state index contributed by atoms with van der Waals surface area (Å²) in [5, 5.41) is 3.55. The molecule has 2 saturated heterocycles. The van der Waals surface area contributed by atoms with Crippen LogP contribution in [0.15, 0.2) is 24.3 Å². The number of hydrogen-bond donors (Lipinski definition) is 1. The molecule has 1 N–H and O–H groups in total. The van der Waals surface area contributed by atoms with Crippen molar-refractivity contribution in [3.05, 3.63) is 29.8 Å². The van der Waals surface area contributed by atoms with Crippen LogP contribution in [0.5, 0.6) is 0 Å². The van der Waals surface area contributed by atoms with Crippen molar-refractivity contribution in [2.24, 2.45) is 0 Å². The van der Waals surface area contributed by atoms with E-state index in [1.165, 1.54) is 18.5 Å². The second kappa shape index (κ2) is 5.21. The number of benzene rings is 1. The molecule has 2 heterocycles. The fourth-order valence-corrected chi connectivity index (χ4v) is 3.08. The highest BCUT2D eigenvalue weighted by Crippen LogP contribution is 2.28. The van der Waals surface area contributed by atoms with Crippen molar-refractivity contribution in [1.29, 1.82) is 0 Å². The summed E-state index contributed by atoms with van der Waals surface area (Å²) in [6, 6.07) is 9.10. The maximum atomic E-state index is 11.6. The lowest BCUT2D eigenvalue weighted by Gasteiger charge is -2.34. The molecule has 102 valence electrons. The summed E-state index contributed by atoms with van der Waals surface area (Å²) in [5.41, 5.74) is 1.84. The Hall–Kier alpha value is -1.55. The zero-order chi connectivity index (χ0) is 13.2. The van der Waals surface area contributed by atoms with Gasteiger partial charge >= 0.3 is 5.97 Å². The van der Waals surface area contributed by atoms with Crippen LogP contribution < -0.4 is 10.2 Å². The highest BCUT2D eigenvalue weighted by molar-refractivity contribution is 5.89. The number of hydrogen-bond acceptors (Lipinski definition) is 4. The largest absolute Gasteiger partial charge is 0.462 e. The average molecular weight is 260 g/mol. The Kier molecular flexibility index (Phi) is 3.42. The second-order valence-electron chi connectivity index (χ2n) is 5.24. The van der Waals surface area contributed by atoms with Gasteiger partial charge in [0.05, 0.1) is 12.2 Å². The molecule has 0 aromatic heterocycles. The molecular weight excluding hydrogens is 240 g/mol. The third kappa shape index (κ3) is 2.45. The topological polar surface area (TPSA) is 41.6 Å². The minimum atomic E-state index is -0.240. The number of anilines is 1. The highest BCUT2D eigenvalue weighted by atomic mass is 16.5. The van der Waals surface area contributed by atoms with E-state index in [9.17, 15) is 4.79 Å². The number of nitrogens with one attached hydrogen (secondary N) is 1. The summed E-state index contributed by atoms with van der Waals surface area (Å²) in [5.74, 6) is -0.240. The van der Waals surface area contributed by atoms with Crippen molar-refractivity contribution >= 4 is 11.7 Å². The van der Waals surface area contributed by atoms with E-state index in [1.807, 2.05) is 31.2 Å². The molecule has 0 unspecified atom stereocenters. The zero-order valence-corrected chi connectivity index (χ0v) is 11.3. The Morgan fingerprint density at radius 1 is 1.42 bits per heavy atom. The van der Waals surface area contributed by atoms with E-state index in [4.69, 9.17) is 4.74 Å². The van der Waals surface area contributed by atoms with Crippen LogP contribution in [0.2, 0.25) is 0 Å². The standard InChI is InChI=1S/C15H20N2O2/c1-2-19-15(18)11-3-5-13(6-4-11)17-8-7-12-9-14(17)10-16-12/h3-6,12,14,16H,2,7-10H2,1H3/t12-,14-/m0/s1. The fourth-order valence-electron chi connectivity index (χ4n) is 3.08. The SMILES string of the molecule is CCOC(=O)c1ccc(N2CC[C@H]3C[C@H]2CN3)cc1. The molecule has 19 heavy (non-hydrogen) atoms. The van der Waals surface area contributed by atoms with E-state index in [2.05, 4.69) is 10.2 Å². The van der Waals surface area contributed by atoms with Crippen molar-refractivity contribution < 1.29 is 9.53 Å². The van der Waals surface area contributed by atoms with Crippen LogP contribution in [-0.4, -0.2) is 37.7 Å². The van der Waals surface area contributed by atoms with Gasteiger partial charge in [-0.2, -0.15) is 0 Å². The van der Waals surface area contributed by atoms with Crippen molar-refractivity contribution in [2.45, 2.75) is 31.8 Å². The van der Waals surface area contributed by atoms with Gasteiger partial charge in [0.2, 0.25) is 0 Å². The number of piperidine rings is 1. The molecule has 2 atom stereocenters. The van der Waals surface area contributed by atoms with Crippen LogP contribution in [0.3, 0.4) is 0 Å². The minimum absolute atomic E-state index is 0.240. The molecule has 0 radical (unpaired) electrons. The molecule has 2 fully saturated rings. The minimum Gasteiger partial charge on any atom is -0.462 e. The van der Waals surface area contributed by atoms with Crippen molar-refractivity contribution in [1.82, 2.24) is 5.32 Å². The fraction of sp³-hybridized carbons (Fsp3) is 0.533. The quantitative estimate of drug-likeness (QED) is 0.842. The molecule has 0 amide bonds. The normalized spacial score (nSPS) is 25.4. The van der Waals surface area contributed by atoms with Crippen LogP contribution in [0, 0.1) is 0 Å². The molecule has 3 rings (SSSR count). The van der Waals surface area contributed by atoms with E-state index >= 15 is 0 Å². The van der Waals surface area contributed by atoms with Crippen molar-refractivity contribution in [2.75, 3.05) is 24.6 Å². The molecule has 0 saturated carbocycles. The summed E-state index contributed by atoms with van der Waals surface area (Å²) in [4.78, 5) is 14.1. The van der Waals surface area contributed by atoms with Gasteiger partial charge in [-0.1, -0.05) is 0 Å². The molecule has 2 aliphatic rings. The monoisotopic (exact) mass is 260 g/mol. The van der Waals surface area contributed by atoms with Gasteiger partial charge < -0.3 is 15.0 Å². The molecule has 0 spiro atoms. The Morgan fingerprint density at radius 3 is 2.95 bits per heavy atom. The molecule has 1 aromatic rings. The lowest BCUT2D eigenvalue weighted by atomic mass is 10.0. The maximum absolute atomic E-state index is 11.6. The predicted octanol–water partition coefficient (Wildman–Crippen LogP) is 1.80. The summed E-state index contributed by atoms with van der Waals surface area (Å²) in [6.45, 7) is 4.41. The van der Waals surface area contributed by atoms with E-state index in [-0.39, 0.29) is 5.97 Å². The molecular formula is C15H20N2O2. The first-order chi connectivity index (χ1) is 9.28. The van der Waals surface area contributed by atoms with E-state index in [1.54, 1.807) is 0 Å². The smallest absolute Gasteiger partial charge is 0.338 e.